The molecule has 0 aliphatic heterocycles. The maximum absolute atomic E-state index is 3.97. The molecule has 6 nitrogen and oxygen atoms in total. The second-order valence-electron chi connectivity index (χ2n) is 3.58. The standard InChI is InChI=1S/2C6H5N3/c1-2-4-9-6(3-1)7-5-8-9;1-2-4-6-5(3-1)7-9-8-6/h1-5H;1-4H,(H,7,8,9). The summed E-state index contributed by atoms with van der Waals surface area (Å²) in [6, 6.07) is 13.5. The van der Waals surface area contributed by atoms with Gasteiger partial charge in [0.1, 0.15) is 17.4 Å². The number of fused-ring (bicyclic) bond motifs is 2. The van der Waals surface area contributed by atoms with Gasteiger partial charge in [-0.25, -0.2) is 9.50 Å². The molecule has 0 aliphatic carbocycles. The third-order valence-electron chi connectivity index (χ3n) is 2.41. The van der Waals surface area contributed by atoms with Crippen molar-refractivity contribution in [3.63, 3.8) is 0 Å². The van der Waals surface area contributed by atoms with Crippen molar-refractivity contribution in [2.45, 2.75) is 0 Å². The quantitative estimate of drug-likeness (QED) is 0.506. The smallest absolute Gasteiger partial charge is 0.155 e. The summed E-state index contributed by atoms with van der Waals surface area (Å²) in [7, 11) is 0. The van der Waals surface area contributed by atoms with Crippen molar-refractivity contribution in [2.24, 2.45) is 0 Å². The fourth-order valence-corrected chi connectivity index (χ4v) is 1.55. The van der Waals surface area contributed by atoms with Gasteiger partial charge >= 0.3 is 0 Å². The molecule has 0 saturated heterocycles. The van der Waals surface area contributed by atoms with E-state index in [1.165, 1.54) is 6.33 Å². The summed E-state index contributed by atoms with van der Waals surface area (Å²) in [6.45, 7) is 0. The van der Waals surface area contributed by atoms with Crippen LogP contribution in [0.3, 0.4) is 0 Å². The van der Waals surface area contributed by atoms with E-state index in [4.69, 9.17) is 0 Å². The molecule has 1 N–H and O–H groups in total. The van der Waals surface area contributed by atoms with Crippen molar-refractivity contribution < 1.29 is 0 Å². The van der Waals surface area contributed by atoms with Gasteiger partial charge in [0.15, 0.2) is 5.65 Å². The van der Waals surface area contributed by atoms with Crippen LogP contribution in [-0.2, 0) is 0 Å². The lowest BCUT2D eigenvalue weighted by Gasteiger charge is -1.84. The normalized spacial score (nSPS) is 10.2. The lowest BCUT2D eigenvalue weighted by molar-refractivity contribution is 0.959. The molecule has 0 fully saturated rings. The molecule has 1 aromatic carbocycles. The topological polar surface area (TPSA) is 71.8 Å². The molecule has 3 aromatic heterocycles. The van der Waals surface area contributed by atoms with E-state index < -0.39 is 0 Å². The minimum Gasteiger partial charge on any atom is -0.221 e. The molecule has 0 saturated carbocycles. The highest BCUT2D eigenvalue weighted by Gasteiger charge is 1.90. The summed E-state index contributed by atoms with van der Waals surface area (Å²) in [5.41, 5.74) is 2.72. The third kappa shape index (κ3) is 2.03. The number of pyridine rings is 1. The van der Waals surface area contributed by atoms with Gasteiger partial charge in [-0.3, -0.25) is 0 Å². The summed E-state index contributed by atoms with van der Waals surface area (Å²) in [6.07, 6.45) is 3.40. The molecule has 0 bridgehead atoms. The predicted molar refractivity (Wildman–Crippen MR) is 66.9 cm³/mol. The van der Waals surface area contributed by atoms with Crippen molar-refractivity contribution in [3.8, 4) is 0 Å². The summed E-state index contributed by atoms with van der Waals surface area (Å²) >= 11 is 0. The van der Waals surface area contributed by atoms with Gasteiger partial charge < -0.3 is 0 Å². The van der Waals surface area contributed by atoms with Gasteiger partial charge in [0, 0.05) is 6.20 Å². The van der Waals surface area contributed by atoms with Crippen LogP contribution in [0.4, 0.5) is 0 Å². The molecule has 0 unspecified atom stereocenters. The Morgan fingerprint density at radius 2 is 1.61 bits per heavy atom. The van der Waals surface area contributed by atoms with E-state index >= 15 is 0 Å². The molecule has 3 heterocycles. The number of H-pyrrole nitrogens is 1. The largest absolute Gasteiger partial charge is 0.221 e. The van der Waals surface area contributed by atoms with Crippen LogP contribution in [-0.4, -0.2) is 30.0 Å². The second kappa shape index (κ2) is 4.62. The number of nitrogens with one attached hydrogen (secondary N) is 1. The summed E-state index contributed by atoms with van der Waals surface area (Å²) in [4.78, 5) is 3.97. The van der Waals surface area contributed by atoms with E-state index in [-0.39, 0.29) is 0 Å². The van der Waals surface area contributed by atoms with Crippen LogP contribution in [0.1, 0.15) is 0 Å². The maximum Gasteiger partial charge on any atom is 0.155 e. The van der Waals surface area contributed by atoms with Crippen LogP contribution >= 0.6 is 0 Å². The number of hydrogen-bond donors (Lipinski definition) is 1. The number of hydrogen-bond acceptors (Lipinski definition) is 4. The molecule has 18 heavy (non-hydrogen) atoms. The maximum atomic E-state index is 3.97. The van der Waals surface area contributed by atoms with E-state index in [2.05, 4.69) is 25.5 Å². The molecule has 4 rings (SSSR count). The fraction of sp³-hybridized carbons (Fsp3) is 0. The average Bonchev–Trinajstić information content (AvgIpc) is 3.08. The van der Waals surface area contributed by atoms with Crippen molar-refractivity contribution >= 4 is 16.7 Å². The van der Waals surface area contributed by atoms with E-state index in [0.29, 0.717) is 0 Å². The monoisotopic (exact) mass is 238 g/mol. The minimum atomic E-state index is 0.887. The Bertz CT molecular complexity index is 631. The highest BCUT2D eigenvalue weighted by atomic mass is 15.3. The Morgan fingerprint density at radius 1 is 0.889 bits per heavy atom. The summed E-state index contributed by atoms with van der Waals surface area (Å²) < 4.78 is 1.72. The molecule has 6 heteroatoms. The Balaban J connectivity index is 0.000000111. The van der Waals surface area contributed by atoms with Crippen LogP contribution in [0.25, 0.3) is 16.7 Å². The number of aromatic amines is 1. The number of benzene rings is 1. The molecular weight excluding hydrogens is 228 g/mol. The Hall–Kier alpha value is -2.76. The van der Waals surface area contributed by atoms with Crippen molar-refractivity contribution in [2.75, 3.05) is 0 Å². The first kappa shape index (κ1) is 10.4. The first-order valence-electron chi connectivity index (χ1n) is 5.43. The molecule has 0 atom stereocenters. The third-order valence-corrected chi connectivity index (χ3v) is 2.41. The lowest BCUT2D eigenvalue weighted by Crippen LogP contribution is -1.82. The van der Waals surface area contributed by atoms with Gasteiger partial charge in [0.2, 0.25) is 0 Å². The van der Waals surface area contributed by atoms with Gasteiger partial charge in [0.05, 0.1) is 0 Å². The van der Waals surface area contributed by atoms with Crippen molar-refractivity contribution in [1.82, 2.24) is 30.0 Å². The molecular formula is C12H10N6. The SMILES string of the molecule is c1ccc2n[nH]nc2c1.c1ccn2ncnc2c1. The van der Waals surface area contributed by atoms with E-state index in [1.54, 1.807) is 4.52 Å². The Morgan fingerprint density at radius 3 is 2.33 bits per heavy atom. The van der Waals surface area contributed by atoms with Crippen LogP contribution in [0.5, 0.6) is 0 Å². The summed E-state index contributed by atoms with van der Waals surface area (Å²) in [5.74, 6) is 0. The zero-order valence-electron chi connectivity index (χ0n) is 9.43. The minimum absolute atomic E-state index is 0.887. The molecule has 4 aromatic rings. The molecule has 0 radical (unpaired) electrons. The second-order valence-corrected chi connectivity index (χ2v) is 3.58. The first-order valence-corrected chi connectivity index (χ1v) is 5.43. The summed E-state index contributed by atoms with van der Waals surface area (Å²) in [5, 5.41) is 14.2. The number of para-hydroxylation sites is 2. The van der Waals surface area contributed by atoms with Crippen LogP contribution < -0.4 is 0 Å². The van der Waals surface area contributed by atoms with E-state index in [0.717, 1.165) is 16.7 Å². The van der Waals surface area contributed by atoms with Gasteiger partial charge in [-0.05, 0) is 24.3 Å². The van der Waals surface area contributed by atoms with Gasteiger partial charge in [-0.15, -0.1) is 0 Å². The van der Waals surface area contributed by atoms with Crippen LogP contribution in [0.15, 0.2) is 55.0 Å². The van der Waals surface area contributed by atoms with Gasteiger partial charge in [-0.2, -0.15) is 20.5 Å². The predicted octanol–water partition coefficient (Wildman–Crippen LogP) is 1.69. The first-order chi connectivity index (χ1) is 8.93. The highest BCUT2D eigenvalue weighted by molar-refractivity contribution is 5.72. The average molecular weight is 238 g/mol. The van der Waals surface area contributed by atoms with Crippen molar-refractivity contribution in [3.05, 3.63) is 55.0 Å². The number of nitrogens with zero attached hydrogens (tertiary/aromatic N) is 5. The fourth-order valence-electron chi connectivity index (χ4n) is 1.55. The Kier molecular flexibility index (Phi) is 2.67. The van der Waals surface area contributed by atoms with Gasteiger partial charge in [-0.1, -0.05) is 18.2 Å². The zero-order chi connectivity index (χ0) is 12.2. The van der Waals surface area contributed by atoms with Gasteiger partial charge in [0.25, 0.3) is 0 Å². The highest BCUT2D eigenvalue weighted by Crippen LogP contribution is 2.03. The van der Waals surface area contributed by atoms with Crippen LogP contribution in [0.2, 0.25) is 0 Å². The molecule has 88 valence electrons. The Labute approximate surface area is 102 Å². The zero-order valence-corrected chi connectivity index (χ0v) is 9.43. The van der Waals surface area contributed by atoms with E-state index in [9.17, 15) is 0 Å². The molecule has 0 spiro atoms. The van der Waals surface area contributed by atoms with Crippen molar-refractivity contribution in [1.29, 1.82) is 0 Å². The molecule has 0 amide bonds. The van der Waals surface area contributed by atoms with E-state index in [1.807, 2.05) is 48.7 Å². The number of aromatic nitrogens is 6. The van der Waals surface area contributed by atoms with Crippen LogP contribution in [0, 0.1) is 0 Å². The number of rotatable bonds is 0. The lowest BCUT2D eigenvalue weighted by atomic mass is 10.3. The molecule has 0 aliphatic rings.